The summed E-state index contributed by atoms with van der Waals surface area (Å²) in [7, 11) is 0. The van der Waals surface area contributed by atoms with Crippen LogP contribution in [0.15, 0.2) is 30.3 Å². The first-order valence-electron chi connectivity index (χ1n) is 5.44. The number of benzene rings is 1. The Kier molecular flexibility index (Phi) is 4.53. The summed E-state index contributed by atoms with van der Waals surface area (Å²) in [6, 6.07) is 11.6. The van der Waals surface area contributed by atoms with Crippen LogP contribution in [-0.4, -0.2) is 5.91 Å². The minimum atomic E-state index is -0.550. The second-order valence-electron chi connectivity index (χ2n) is 3.73. The molecule has 1 aromatic rings. The third kappa shape index (κ3) is 3.09. The molecule has 0 fully saturated rings. The summed E-state index contributed by atoms with van der Waals surface area (Å²) in [5.74, 6) is -0.743. The van der Waals surface area contributed by atoms with Gasteiger partial charge in [-0.2, -0.15) is 5.26 Å². The topological polar surface area (TPSA) is 52.9 Å². The van der Waals surface area contributed by atoms with Gasteiger partial charge in [-0.05, 0) is 18.9 Å². The van der Waals surface area contributed by atoms with Crippen LogP contribution in [0.5, 0.6) is 0 Å². The van der Waals surface area contributed by atoms with Crippen LogP contribution >= 0.6 is 0 Å². The number of nitriles is 1. The fourth-order valence-electron chi connectivity index (χ4n) is 1.47. The maximum atomic E-state index is 11.7. The number of nitrogens with one attached hydrogen (secondary N) is 1. The van der Waals surface area contributed by atoms with E-state index in [1.807, 2.05) is 50.2 Å². The molecule has 0 aliphatic rings. The number of carbonyl (C=O) groups excluding carboxylic acids is 1. The van der Waals surface area contributed by atoms with Gasteiger partial charge in [0.2, 0.25) is 5.91 Å². The average molecular weight is 216 g/mol. The maximum Gasteiger partial charge on any atom is 0.237 e. The van der Waals surface area contributed by atoms with Crippen molar-refractivity contribution in [1.82, 2.24) is 5.32 Å². The van der Waals surface area contributed by atoms with Gasteiger partial charge >= 0.3 is 0 Å². The van der Waals surface area contributed by atoms with Crippen molar-refractivity contribution in [3.05, 3.63) is 35.9 Å². The molecule has 84 valence electrons. The lowest BCUT2D eigenvalue weighted by Crippen LogP contribution is -2.31. The van der Waals surface area contributed by atoms with E-state index in [1.165, 1.54) is 0 Å². The number of rotatable bonds is 4. The molecule has 0 radical (unpaired) electrons. The van der Waals surface area contributed by atoms with Crippen LogP contribution in [0, 0.1) is 17.2 Å². The molecule has 0 saturated heterocycles. The molecule has 1 aromatic carbocycles. The highest BCUT2D eigenvalue weighted by molar-refractivity contribution is 5.81. The molecule has 0 spiro atoms. The zero-order chi connectivity index (χ0) is 12.0. The Bertz CT molecular complexity index is 381. The number of nitrogens with zero attached hydrogens (tertiary/aromatic N) is 1. The molecule has 3 heteroatoms. The molecule has 0 unspecified atom stereocenters. The van der Waals surface area contributed by atoms with E-state index in [0.29, 0.717) is 6.42 Å². The van der Waals surface area contributed by atoms with E-state index in [-0.39, 0.29) is 11.9 Å². The lowest BCUT2D eigenvalue weighted by Gasteiger charge is -2.15. The van der Waals surface area contributed by atoms with Crippen LogP contribution in [0.4, 0.5) is 0 Å². The summed E-state index contributed by atoms with van der Waals surface area (Å²) in [4.78, 5) is 11.7. The first kappa shape index (κ1) is 12.3. The minimum absolute atomic E-state index is 0.0592. The fourth-order valence-corrected chi connectivity index (χ4v) is 1.47. The Balaban J connectivity index is 2.62. The van der Waals surface area contributed by atoms with Crippen LogP contribution in [0.2, 0.25) is 0 Å². The Hall–Kier alpha value is -1.82. The van der Waals surface area contributed by atoms with Gasteiger partial charge in [-0.15, -0.1) is 0 Å². The number of amides is 1. The smallest absolute Gasteiger partial charge is 0.237 e. The Morgan fingerprint density at radius 1 is 1.44 bits per heavy atom. The van der Waals surface area contributed by atoms with E-state index in [4.69, 9.17) is 5.26 Å². The second-order valence-corrected chi connectivity index (χ2v) is 3.73. The van der Waals surface area contributed by atoms with E-state index in [0.717, 1.165) is 5.56 Å². The highest BCUT2D eigenvalue weighted by Crippen LogP contribution is 2.12. The predicted octanol–water partition coefficient (Wildman–Crippen LogP) is 2.41. The summed E-state index contributed by atoms with van der Waals surface area (Å²) in [5, 5.41) is 11.6. The van der Waals surface area contributed by atoms with Crippen molar-refractivity contribution in [2.45, 2.75) is 26.3 Å². The normalized spacial score (nSPS) is 13.6. The molecule has 0 heterocycles. The monoisotopic (exact) mass is 216 g/mol. The maximum absolute atomic E-state index is 11.7. The van der Waals surface area contributed by atoms with Gasteiger partial charge in [0.15, 0.2) is 0 Å². The van der Waals surface area contributed by atoms with Crippen molar-refractivity contribution in [3.8, 4) is 6.07 Å². The molecule has 16 heavy (non-hydrogen) atoms. The van der Waals surface area contributed by atoms with E-state index >= 15 is 0 Å². The summed E-state index contributed by atoms with van der Waals surface area (Å²) in [5.41, 5.74) is 1.05. The van der Waals surface area contributed by atoms with Crippen molar-refractivity contribution < 1.29 is 4.79 Å². The minimum Gasteiger partial charge on any atom is -0.348 e. The van der Waals surface area contributed by atoms with Crippen LogP contribution in [0.3, 0.4) is 0 Å². The molecule has 0 aliphatic heterocycles. The van der Waals surface area contributed by atoms with E-state index in [2.05, 4.69) is 5.32 Å². The van der Waals surface area contributed by atoms with Crippen LogP contribution in [-0.2, 0) is 4.79 Å². The SMILES string of the molecule is CC[C@H](C#N)C(=O)N[C@H](C)c1ccccc1. The van der Waals surface area contributed by atoms with Gasteiger partial charge in [0.25, 0.3) is 0 Å². The fraction of sp³-hybridized carbons (Fsp3) is 0.385. The molecule has 0 aromatic heterocycles. The molecular weight excluding hydrogens is 200 g/mol. The zero-order valence-electron chi connectivity index (χ0n) is 9.60. The quantitative estimate of drug-likeness (QED) is 0.840. The molecule has 3 nitrogen and oxygen atoms in total. The third-order valence-electron chi connectivity index (χ3n) is 2.54. The van der Waals surface area contributed by atoms with Crippen molar-refractivity contribution in [1.29, 1.82) is 5.26 Å². The van der Waals surface area contributed by atoms with Gasteiger partial charge in [0.1, 0.15) is 5.92 Å². The third-order valence-corrected chi connectivity index (χ3v) is 2.54. The van der Waals surface area contributed by atoms with E-state index < -0.39 is 5.92 Å². The van der Waals surface area contributed by atoms with Crippen molar-refractivity contribution in [3.63, 3.8) is 0 Å². The largest absolute Gasteiger partial charge is 0.348 e. The first-order valence-corrected chi connectivity index (χ1v) is 5.44. The molecule has 2 atom stereocenters. The molecule has 1 rings (SSSR count). The standard InChI is InChI=1S/C13H16N2O/c1-3-11(9-14)13(16)15-10(2)12-7-5-4-6-8-12/h4-8,10-11H,3H2,1-2H3,(H,15,16)/t10-,11-/m1/s1. The summed E-state index contributed by atoms with van der Waals surface area (Å²) >= 11 is 0. The van der Waals surface area contributed by atoms with Crippen molar-refractivity contribution in [2.24, 2.45) is 5.92 Å². The Labute approximate surface area is 96.1 Å². The van der Waals surface area contributed by atoms with E-state index in [9.17, 15) is 4.79 Å². The lowest BCUT2D eigenvalue weighted by atomic mass is 10.1. The molecule has 1 N–H and O–H groups in total. The summed E-state index contributed by atoms with van der Waals surface area (Å²) in [6.45, 7) is 3.75. The molecular formula is C13H16N2O. The molecule has 0 aliphatic carbocycles. The molecule has 0 bridgehead atoms. The summed E-state index contributed by atoms with van der Waals surface area (Å²) < 4.78 is 0. The second kappa shape index (κ2) is 5.92. The van der Waals surface area contributed by atoms with Crippen LogP contribution in [0.25, 0.3) is 0 Å². The lowest BCUT2D eigenvalue weighted by molar-refractivity contribution is -0.124. The first-order chi connectivity index (χ1) is 7.69. The average Bonchev–Trinajstić information content (AvgIpc) is 2.31. The van der Waals surface area contributed by atoms with Crippen molar-refractivity contribution >= 4 is 5.91 Å². The number of carbonyl (C=O) groups is 1. The van der Waals surface area contributed by atoms with Crippen LogP contribution in [0.1, 0.15) is 31.9 Å². The molecule has 1 amide bonds. The zero-order valence-corrected chi connectivity index (χ0v) is 9.60. The van der Waals surface area contributed by atoms with Gasteiger partial charge in [0.05, 0.1) is 12.1 Å². The highest BCUT2D eigenvalue weighted by Gasteiger charge is 2.17. The predicted molar refractivity (Wildman–Crippen MR) is 62.4 cm³/mol. The van der Waals surface area contributed by atoms with E-state index in [1.54, 1.807) is 0 Å². The Morgan fingerprint density at radius 2 is 2.06 bits per heavy atom. The van der Waals surface area contributed by atoms with Gasteiger partial charge in [-0.1, -0.05) is 37.3 Å². The van der Waals surface area contributed by atoms with Crippen molar-refractivity contribution in [2.75, 3.05) is 0 Å². The number of hydrogen-bond donors (Lipinski definition) is 1. The van der Waals surface area contributed by atoms with Gasteiger partial charge in [-0.25, -0.2) is 0 Å². The van der Waals surface area contributed by atoms with Gasteiger partial charge in [-0.3, -0.25) is 4.79 Å². The highest BCUT2D eigenvalue weighted by atomic mass is 16.1. The summed E-state index contributed by atoms with van der Waals surface area (Å²) in [6.07, 6.45) is 0.545. The van der Waals surface area contributed by atoms with Crippen LogP contribution < -0.4 is 5.32 Å². The van der Waals surface area contributed by atoms with Gasteiger partial charge < -0.3 is 5.32 Å². The number of hydrogen-bond acceptors (Lipinski definition) is 2. The Morgan fingerprint density at radius 3 is 2.56 bits per heavy atom. The molecule has 0 saturated carbocycles. The van der Waals surface area contributed by atoms with Gasteiger partial charge in [0, 0.05) is 0 Å².